The molecule has 4 heterocycles. The van der Waals surface area contributed by atoms with E-state index in [0.717, 1.165) is 62.3 Å². The van der Waals surface area contributed by atoms with Crippen molar-refractivity contribution in [1.82, 2.24) is 25.1 Å². The van der Waals surface area contributed by atoms with Gasteiger partial charge in [-0.25, -0.2) is 9.97 Å². The first-order valence-corrected chi connectivity index (χ1v) is 10.9. The summed E-state index contributed by atoms with van der Waals surface area (Å²) < 4.78 is 4.23. The summed E-state index contributed by atoms with van der Waals surface area (Å²) in [4.78, 5) is 9.19. The number of piperidine rings is 1. The van der Waals surface area contributed by atoms with E-state index >= 15 is 0 Å². The molecule has 0 spiro atoms. The molecule has 28 heavy (non-hydrogen) atoms. The maximum atomic E-state index is 6.19. The maximum Gasteiger partial charge on any atom is 0.133 e. The molecule has 1 fully saturated rings. The third kappa shape index (κ3) is 3.32. The fraction of sp³-hybridized carbons (Fsp3) is 0.250. The van der Waals surface area contributed by atoms with Gasteiger partial charge in [0.2, 0.25) is 0 Å². The van der Waals surface area contributed by atoms with Crippen LogP contribution in [0.1, 0.15) is 18.9 Å². The minimum absolute atomic E-state index is 0.457. The molecule has 0 saturated carbocycles. The first-order valence-electron chi connectivity index (χ1n) is 9.24. The smallest absolute Gasteiger partial charge is 0.133 e. The number of aromatic nitrogens is 4. The zero-order chi connectivity index (χ0) is 19.1. The molecule has 3 N–H and O–H groups in total. The van der Waals surface area contributed by atoms with Crippen LogP contribution in [0.4, 0.5) is 5.82 Å². The van der Waals surface area contributed by atoms with Crippen molar-refractivity contribution in [3.63, 3.8) is 0 Å². The van der Waals surface area contributed by atoms with Gasteiger partial charge in [0.05, 0.1) is 28.0 Å². The van der Waals surface area contributed by atoms with Gasteiger partial charge in [-0.3, -0.25) is 4.68 Å². The Bertz CT molecular complexity index is 1140. The van der Waals surface area contributed by atoms with Crippen LogP contribution in [0, 0.1) is 0 Å². The number of fused-ring (bicyclic) bond motifs is 1. The summed E-state index contributed by atoms with van der Waals surface area (Å²) in [6.07, 6.45) is 8.05. The highest BCUT2D eigenvalue weighted by Gasteiger charge is 2.17. The molecule has 0 atom stereocenters. The summed E-state index contributed by atoms with van der Waals surface area (Å²) in [6.45, 7) is 2.09. The minimum Gasteiger partial charge on any atom is -0.383 e. The number of nitrogens with two attached hydrogens (primary N) is 1. The van der Waals surface area contributed by atoms with E-state index in [1.165, 1.54) is 0 Å². The molecule has 3 aromatic heterocycles. The predicted molar refractivity (Wildman–Crippen MR) is 117 cm³/mol. The molecule has 1 aromatic carbocycles. The fourth-order valence-electron chi connectivity index (χ4n) is 3.58. The minimum atomic E-state index is 0.457. The average molecular weight is 455 g/mol. The Balaban J connectivity index is 1.51. The van der Waals surface area contributed by atoms with Gasteiger partial charge in [0.15, 0.2) is 0 Å². The van der Waals surface area contributed by atoms with Crippen molar-refractivity contribution in [2.75, 3.05) is 18.8 Å². The molecule has 0 bridgehead atoms. The Kier molecular flexibility index (Phi) is 4.62. The molecule has 6 nitrogen and oxygen atoms in total. The number of nitrogen functional groups attached to an aromatic ring is 1. The predicted octanol–water partition coefficient (Wildman–Crippen LogP) is 4.49. The first kappa shape index (κ1) is 17.8. The van der Waals surface area contributed by atoms with Crippen molar-refractivity contribution in [3.8, 4) is 21.7 Å². The number of rotatable bonds is 3. The number of benzene rings is 1. The second-order valence-electron chi connectivity index (χ2n) is 6.98. The van der Waals surface area contributed by atoms with Crippen LogP contribution in [0.5, 0.6) is 0 Å². The molecule has 5 rings (SSSR count). The van der Waals surface area contributed by atoms with Crippen molar-refractivity contribution < 1.29 is 0 Å². The van der Waals surface area contributed by atoms with Crippen LogP contribution in [-0.4, -0.2) is 32.8 Å². The third-order valence-corrected chi connectivity index (χ3v) is 6.68. The van der Waals surface area contributed by atoms with Crippen molar-refractivity contribution in [1.29, 1.82) is 0 Å². The van der Waals surface area contributed by atoms with Gasteiger partial charge in [-0.1, -0.05) is 15.9 Å². The topological polar surface area (TPSA) is 81.6 Å². The van der Waals surface area contributed by atoms with E-state index in [0.29, 0.717) is 11.9 Å². The number of nitrogens with zero attached hydrogens (tertiary/aromatic N) is 4. The monoisotopic (exact) mass is 454 g/mol. The summed E-state index contributed by atoms with van der Waals surface area (Å²) in [5.41, 5.74) is 10.1. The van der Waals surface area contributed by atoms with Gasteiger partial charge in [0.25, 0.3) is 0 Å². The molecule has 8 heteroatoms. The van der Waals surface area contributed by atoms with Crippen LogP contribution in [-0.2, 0) is 0 Å². The maximum absolute atomic E-state index is 6.19. The SMILES string of the molecule is Nc1ncc(-c2cnn(C3CCNCC3)c2)cc1-c1nc2cc(Br)ccc2s1. The van der Waals surface area contributed by atoms with Gasteiger partial charge in [-0.15, -0.1) is 11.3 Å². The highest BCUT2D eigenvalue weighted by Crippen LogP contribution is 2.36. The zero-order valence-electron chi connectivity index (χ0n) is 15.1. The number of anilines is 1. The second-order valence-corrected chi connectivity index (χ2v) is 8.92. The summed E-state index contributed by atoms with van der Waals surface area (Å²) >= 11 is 5.13. The molecule has 1 saturated heterocycles. The molecule has 4 aromatic rings. The Morgan fingerprint density at radius 2 is 2.00 bits per heavy atom. The lowest BCUT2D eigenvalue weighted by molar-refractivity contribution is 0.343. The van der Waals surface area contributed by atoms with E-state index in [1.807, 2.05) is 24.5 Å². The van der Waals surface area contributed by atoms with Crippen LogP contribution in [0.15, 0.2) is 47.3 Å². The second kappa shape index (κ2) is 7.27. The van der Waals surface area contributed by atoms with Crippen molar-refractivity contribution in [2.24, 2.45) is 0 Å². The number of pyridine rings is 1. The molecule has 0 amide bonds. The van der Waals surface area contributed by atoms with E-state index in [-0.39, 0.29) is 0 Å². The number of nitrogens with one attached hydrogen (secondary N) is 1. The van der Waals surface area contributed by atoms with E-state index in [2.05, 4.69) is 54.3 Å². The van der Waals surface area contributed by atoms with Crippen LogP contribution >= 0.6 is 27.3 Å². The van der Waals surface area contributed by atoms with Crippen LogP contribution in [0.2, 0.25) is 0 Å². The van der Waals surface area contributed by atoms with E-state index < -0.39 is 0 Å². The lowest BCUT2D eigenvalue weighted by Crippen LogP contribution is -2.29. The van der Waals surface area contributed by atoms with Gasteiger partial charge in [0, 0.05) is 28.0 Å². The molecule has 0 radical (unpaired) electrons. The normalized spacial score (nSPS) is 15.3. The molecule has 1 aliphatic heterocycles. The fourth-order valence-corrected chi connectivity index (χ4v) is 4.90. The van der Waals surface area contributed by atoms with Crippen molar-refractivity contribution in [2.45, 2.75) is 18.9 Å². The van der Waals surface area contributed by atoms with E-state index in [9.17, 15) is 0 Å². The molecule has 0 unspecified atom stereocenters. The highest BCUT2D eigenvalue weighted by atomic mass is 79.9. The number of halogens is 1. The van der Waals surface area contributed by atoms with Gasteiger partial charge in [0.1, 0.15) is 10.8 Å². The Morgan fingerprint density at radius 3 is 2.86 bits per heavy atom. The van der Waals surface area contributed by atoms with Crippen LogP contribution < -0.4 is 11.1 Å². The Morgan fingerprint density at radius 1 is 1.14 bits per heavy atom. The lowest BCUT2D eigenvalue weighted by atomic mass is 10.1. The number of hydrogen-bond donors (Lipinski definition) is 2. The number of thiazole rings is 1. The summed E-state index contributed by atoms with van der Waals surface area (Å²) in [5, 5.41) is 8.87. The summed E-state index contributed by atoms with van der Waals surface area (Å²) in [6, 6.07) is 8.64. The molecule has 0 aliphatic carbocycles. The zero-order valence-corrected chi connectivity index (χ0v) is 17.5. The third-order valence-electron chi connectivity index (χ3n) is 5.12. The van der Waals surface area contributed by atoms with E-state index in [4.69, 9.17) is 10.7 Å². The number of hydrogen-bond acceptors (Lipinski definition) is 6. The Hall–Kier alpha value is -2.29. The standard InChI is InChI=1S/C20H19BrN6S/c21-14-1-2-18-17(8-14)26-20(28-18)16-7-12(9-24-19(16)22)13-10-25-27(11-13)15-3-5-23-6-4-15/h1-2,7-11,15,23H,3-6H2,(H2,22,24). The van der Waals surface area contributed by atoms with Crippen LogP contribution in [0.3, 0.4) is 0 Å². The highest BCUT2D eigenvalue weighted by molar-refractivity contribution is 9.10. The van der Waals surface area contributed by atoms with Gasteiger partial charge < -0.3 is 11.1 Å². The van der Waals surface area contributed by atoms with Gasteiger partial charge in [-0.2, -0.15) is 5.10 Å². The first-order chi connectivity index (χ1) is 13.7. The van der Waals surface area contributed by atoms with E-state index in [1.54, 1.807) is 11.3 Å². The lowest BCUT2D eigenvalue weighted by Gasteiger charge is -2.22. The van der Waals surface area contributed by atoms with Crippen molar-refractivity contribution in [3.05, 3.63) is 47.3 Å². The molecular weight excluding hydrogens is 436 g/mol. The summed E-state index contributed by atoms with van der Waals surface area (Å²) in [5.74, 6) is 0.493. The van der Waals surface area contributed by atoms with Gasteiger partial charge in [-0.05, 0) is 50.2 Å². The van der Waals surface area contributed by atoms with Crippen LogP contribution in [0.25, 0.3) is 31.9 Å². The average Bonchev–Trinajstić information content (AvgIpc) is 3.36. The molecule has 1 aliphatic rings. The van der Waals surface area contributed by atoms with Gasteiger partial charge >= 0.3 is 0 Å². The molecular formula is C20H19BrN6S. The largest absolute Gasteiger partial charge is 0.383 e. The van der Waals surface area contributed by atoms with Crippen molar-refractivity contribution >= 4 is 43.3 Å². The Labute approximate surface area is 174 Å². The molecule has 142 valence electrons. The quantitative estimate of drug-likeness (QED) is 0.476. The summed E-state index contributed by atoms with van der Waals surface area (Å²) in [7, 11) is 0.